The van der Waals surface area contributed by atoms with Gasteiger partial charge in [0.25, 0.3) is 11.8 Å². The first-order valence-corrected chi connectivity index (χ1v) is 9.19. The highest BCUT2D eigenvalue weighted by molar-refractivity contribution is 7.40. The molecule has 1 rings (SSSR count). The Bertz CT molecular complexity index is 585. The fraction of sp³-hybridized carbons (Fsp3) is 0.588. The summed E-state index contributed by atoms with van der Waals surface area (Å²) in [6, 6.07) is -0.697. The number of amides is 4. The highest BCUT2D eigenvalue weighted by Gasteiger charge is 2.24. The average Bonchev–Trinajstić information content (AvgIpc) is 2.88. The van der Waals surface area contributed by atoms with Crippen LogP contribution in [-0.4, -0.2) is 53.2 Å². The minimum absolute atomic E-state index is 0.0919. The minimum atomic E-state index is -0.697. The molecule has 8 nitrogen and oxygen atoms in total. The van der Waals surface area contributed by atoms with Gasteiger partial charge in [-0.15, -0.1) is 0 Å². The maximum absolute atomic E-state index is 12.0. The number of carbonyl (C=O) groups is 5. The van der Waals surface area contributed by atoms with Gasteiger partial charge in [-0.1, -0.05) is 29.5 Å². The van der Waals surface area contributed by atoms with Crippen LogP contribution in [0.25, 0.3) is 0 Å². The molecule has 0 aliphatic carbocycles. The quantitative estimate of drug-likeness (QED) is 0.299. The fourth-order valence-electron chi connectivity index (χ4n) is 2.45. The molecule has 26 heavy (non-hydrogen) atoms. The van der Waals surface area contributed by atoms with Crippen LogP contribution in [0.3, 0.4) is 0 Å². The van der Waals surface area contributed by atoms with E-state index in [1.807, 2.05) is 23.1 Å². The van der Waals surface area contributed by atoms with Crippen LogP contribution in [-0.2, 0) is 24.0 Å². The molecule has 0 saturated heterocycles. The molecule has 0 fully saturated rings. The second-order valence-corrected chi connectivity index (χ2v) is 7.09. The van der Waals surface area contributed by atoms with Gasteiger partial charge in [0.1, 0.15) is 6.04 Å². The Labute approximate surface area is 155 Å². The molecule has 0 aromatic carbocycles. The number of hydrogen-bond donors (Lipinski definition) is 2. The molecule has 144 valence electrons. The largest absolute Gasteiger partial charge is 0.347 e. The van der Waals surface area contributed by atoms with Gasteiger partial charge in [-0.3, -0.25) is 28.9 Å². The van der Waals surface area contributed by atoms with Crippen molar-refractivity contribution in [1.29, 1.82) is 0 Å². The van der Waals surface area contributed by atoms with Crippen LogP contribution in [0.2, 0.25) is 0 Å². The Morgan fingerprint density at radius 3 is 2.23 bits per heavy atom. The molecule has 1 aliphatic heterocycles. The first-order chi connectivity index (χ1) is 12.2. The summed E-state index contributed by atoms with van der Waals surface area (Å²) in [6.07, 6.45) is 4.64. The van der Waals surface area contributed by atoms with Crippen molar-refractivity contribution < 1.29 is 24.0 Å². The standard InChI is InChI=1S/C17H26N3O5P/c1-11(2)16(17(25)18-10-15(24)26)19-12(21)6-4-3-5-9-20-13(22)7-8-14(20)23/h7-8,11,16H,3-6,9-10,26H2,1-2H3,(H,18,25)(H,19,21). The molecular weight excluding hydrogens is 357 g/mol. The lowest BCUT2D eigenvalue weighted by Gasteiger charge is -2.21. The average molecular weight is 383 g/mol. The summed E-state index contributed by atoms with van der Waals surface area (Å²) in [5.74, 6) is -1.35. The highest BCUT2D eigenvalue weighted by Crippen LogP contribution is 2.08. The summed E-state index contributed by atoms with van der Waals surface area (Å²) in [4.78, 5) is 59.0. The summed E-state index contributed by atoms with van der Waals surface area (Å²) >= 11 is 0. The molecular formula is C17H26N3O5P. The van der Waals surface area contributed by atoms with Crippen LogP contribution in [0.5, 0.6) is 0 Å². The molecule has 2 unspecified atom stereocenters. The summed E-state index contributed by atoms with van der Waals surface area (Å²) in [5.41, 5.74) is -0.239. The van der Waals surface area contributed by atoms with Crippen LogP contribution in [0.4, 0.5) is 0 Å². The van der Waals surface area contributed by atoms with E-state index in [1.54, 1.807) is 0 Å². The smallest absolute Gasteiger partial charge is 0.253 e. The van der Waals surface area contributed by atoms with E-state index in [9.17, 15) is 24.0 Å². The summed E-state index contributed by atoms with van der Waals surface area (Å²) in [7, 11) is 1.98. The molecule has 0 aromatic rings. The molecule has 0 saturated carbocycles. The third-order valence-corrected chi connectivity index (χ3v) is 4.09. The van der Waals surface area contributed by atoms with Crippen molar-refractivity contribution in [2.75, 3.05) is 13.1 Å². The molecule has 0 bridgehead atoms. The van der Waals surface area contributed by atoms with Crippen molar-refractivity contribution in [3.05, 3.63) is 12.2 Å². The third kappa shape index (κ3) is 7.44. The third-order valence-electron chi connectivity index (χ3n) is 3.89. The predicted octanol–water partition coefficient (Wildman–Crippen LogP) is 0.130. The van der Waals surface area contributed by atoms with Crippen molar-refractivity contribution in [1.82, 2.24) is 15.5 Å². The van der Waals surface area contributed by atoms with Crippen LogP contribution in [0.1, 0.15) is 39.5 Å². The number of unbranched alkanes of at least 4 members (excludes halogenated alkanes) is 2. The van der Waals surface area contributed by atoms with Crippen LogP contribution >= 0.6 is 9.24 Å². The molecule has 0 spiro atoms. The van der Waals surface area contributed by atoms with Crippen LogP contribution in [0, 0.1) is 5.92 Å². The molecule has 9 heteroatoms. The lowest BCUT2D eigenvalue weighted by atomic mass is 10.0. The monoisotopic (exact) mass is 383 g/mol. The van der Waals surface area contributed by atoms with Gasteiger partial charge >= 0.3 is 0 Å². The number of nitrogens with zero attached hydrogens (tertiary/aromatic N) is 1. The maximum atomic E-state index is 12.0. The van der Waals surface area contributed by atoms with Gasteiger partial charge in [-0.2, -0.15) is 0 Å². The zero-order valence-corrected chi connectivity index (χ0v) is 16.3. The van der Waals surface area contributed by atoms with E-state index in [2.05, 4.69) is 10.6 Å². The van der Waals surface area contributed by atoms with E-state index in [0.29, 0.717) is 25.8 Å². The Balaban J connectivity index is 2.28. The summed E-state index contributed by atoms with van der Waals surface area (Å²) in [6.45, 7) is 3.87. The summed E-state index contributed by atoms with van der Waals surface area (Å²) < 4.78 is 0. The molecule has 2 atom stereocenters. The number of carbonyl (C=O) groups excluding carboxylic acids is 5. The Kier molecular flexibility index (Phi) is 9.13. The van der Waals surface area contributed by atoms with E-state index in [4.69, 9.17) is 0 Å². The van der Waals surface area contributed by atoms with Gasteiger partial charge in [-0.05, 0) is 18.8 Å². The normalized spacial score (nSPS) is 14.7. The van der Waals surface area contributed by atoms with E-state index in [1.165, 1.54) is 17.1 Å². The van der Waals surface area contributed by atoms with Gasteiger partial charge in [0, 0.05) is 25.1 Å². The van der Waals surface area contributed by atoms with E-state index >= 15 is 0 Å². The first kappa shape index (κ1) is 22.0. The lowest BCUT2D eigenvalue weighted by molar-refractivity contribution is -0.137. The number of hydrogen-bond acceptors (Lipinski definition) is 5. The van der Waals surface area contributed by atoms with Crippen molar-refractivity contribution in [2.24, 2.45) is 5.92 Å². The van der Waals surface area contributed by atoms with E-state index < -0.39 is 6.04 Å². The Hall–Kier alpha value is -2.08. The number of rotatable bonds is 11. The van der Waals surface area contributed by atoms with Crippen molar-refractivity contribution in [2.45, 2.75) is 45.6 Å². The Morgan fingerprint density at radius 2 is 1.69 bits per heavy atom. The number of nitrogens with one attached hydrogen (secondary N) is 2. The Morgan fingerprint density at radius 1 is 1.08 bits per heavy atom. The topological polar surface area (TPSA) is 113 Å². The molecule has 4 amide bonds. The maximum Gasteiger partial charge on any atom is 0.253 e. The van der Waals surface area contributed by atoms with Gasteiger partial charge in [0.15, 0.2) is 5.52 Å². The fourth-order valence-corrected chi connectivity index (χ4v) is 2.55. The first-order valence-electron chi connectivity index (χ1n) is 8.61. The minimum Gasteiger partial charge on any atom is -0.347 e. The van der Waals surface area contributed by atoms with E-state index in [0.717, 1.165) is 0 Å². The van der Waals surface area contributed by atoms with Crippen molar-refractivity contribution in [3.8, 4) is 0 Å². The van der Waals surface area contributed by atoms with Gasteiger partial charge in [0.05, 0.1) is 6.54 Å². The lowest BCUT2D eigenvalue weighted by Crippen LogP contribution is -2.50. The molecule has 0 aromatic heterocycles. The zero-order valence-electron chi connectivity index (χ0n) is 15.1. The second-order valence-electron chi connectivity index (χ2n) is 6.45. The van der Waals surface area contributed by atoms with Gasteiger partial charge in [-0.25, -0.2) is 0 Å². The van der Waals surface area contributed by atoms with Crippen LogP contribution in [0.15, 0.2) is 12.2 Å². The summed E-state index contributed by atoms with van der Waals surface area (Å²) in [5, 5.41) is 5.17. The van der Waals surface area contributed by atoms with Crippen LogP contribution < -0.4 is 10.6 Å². The van der Waals surface area contributed by atoms with Crippen molar-refractivity contribution in [3.63, 3.8) is 0 Å². The predicted molar refractivity (Wildman–Crippen MR) is 98.8 cm³/mol. The van der Waals surface area contributed by atoms with Crippen molar-refractivity contribution >= 4 is 38.4 Å². The second kappa shape index (κ2) is 10.8. The van der Waals surface area contributed by atoms with Gasteiger partial charge < -0.3 is 10.6 Å². The number of imide groups is 1. The van der Waals surface area contributed by atoms with E-state index in [-0.39, 0.29) is 48.0 Å². The zero-order chi connectivity index (χ0) is 19.7. The SMILES string of the molecule is CC(C)C(NC(=O)CCCCCN1C(=O)C=CC1=O)C(=O)NCC(=O)P. The highest BCUT2D eigenvalue weighted by atomic mass is 31.0. The van der Waals surface area contributed by atoms with Gasteiger partial charge in [0.2, 0.25) is 11.8 Å². The molecule has 2 N–H and O–H groups in total. The molecule has 1 heterocycles. The molecule has 0 radical (unpaired) electrons. The molecule has 1 aliphatic rings.